The molecular formula is C18H13ClN2O2. The summed E-state index contributed by atoms with van der Waals surface area (Å²) < 4.78 is 1.97. The number of aromatic carboxylic acids is 1. The van der Waals surface area contributed by atoms with Crippen molar-refractivity contribution in [3.63, 3.8) is 0 Å². The highest BCUT2D eigenvalue weighted by Crippen LogP contribution is 2.17. The van der Waals surface area contributed by atoms with Crippen LogP contribution in [0.3, 0.4) is 0 Å². The lowest BCUT2D eigenvalue weighted by molar-refractivity contribution is 0.0697. The predicted octanol–water partition coefficient (Wildman–Crippen LogP) is 4.58. The van der Waals surface area contributed by atoms with Crippen LogP contribution in [0.15, 0.2) is 71.9 Å². The Hall–Kier alpha value is -2.85. The normalized spacial score (nSPS) is 11.0. The molecule has 0 saturated heterocycles. The van der Waals surface area contributed by atoms with Crippen LogP contribution in [-0.4, -0.2) is 21.9 Å². The first-order valence-corrected chi connectivity index (χ1v) is 7.32. The zero-order valence-corrected chi connectivity index (χ0v) is 12.8. The number of hydrogen-bond donors (Lipinski definition) is 1. The molecule has 0 fully saturated rings. The van der Waals surface area contributed by atoms with Crippen molar-refractivity contribution in [2.24, 2.45) is 4.99 Å². The van der Waals surface area contributed by atoms with Crippen LogP contribution >= 0.6 is 11.6 Å². The molecule has 4 nitrogen and oxygen atoms in total. The van der Waals surface area contributed by atoms with Crippen LogP contribution in [0.4, 0.5) is 5.69 Å². The molecule has 1 N–H and O–H groups in total. The molecule has 0 aliphatic carbocycles. The van der Waals surface area contributed by atoms with Gasteiger partial charge in [-0.05, 0) is 54.6 Å². The summed E-state index contributed by atoms with van der Waals surface area (Å²) in [5.41, 5.74) is 2.66. The Labute approximate surface area is 138 Å². The van der Waals surface area contributed by atoms with E-state index in [4.69, 9.17) is 16.7 Å². The summed E-state index contributed by atoms with van der Waals surface area (Å²) in [6.07, 6.45) is 3.63. The number of aromatic nitrogens is 1. The fourth-order valence-corrected chi connectivity index (χ4v) is 2.32. The minimum atomic E-state index is -0.966. The van der Waals surface area contributed by atoms with Crippen LogP contribution in [0.2, 0.25) is 5.02 Å². The molecule has 0 aliphatic heterocycles. The molecule has 3 aromatic rings. The van der Waals surface area contributed by atoms with Crippen LogP contribution in [0, 0.1) is 0 Å². The van der Waals surface area contributed by atoms with E-state index < -0.39 is 5.97 Å². The molecule has 0 unspecified atom stereocenters. The third kappa shape index (κ3) is 3.49. The molecule has 0 amide bonds. The van der Waals surface area contributed by atoms with E-state index >= 15 is 0 Å². The third-order valence-electron chi connectivity index (χ3n) is 3.32. The number of hydrogen-bond acceptors (Lipinski definition) is 2. The lowest BCUT2D eigenvalue weighted by atomic mass is 10.2. The molecule has 2 aromatic carbocycles. The lowest BCUT2D eigenvalue weighted by Gasteiger charge is -2.06. The number of benzene rings is 2. The van der Waals surface area contributed by atoms with Crippen molar-refractivity contribution in [1.29, 1.82) is 0 Å². The SMILES string of the molecule is O=C(O)c1cccc(N=Cc2cccn2-c2ccc(Cl)cc2)c1. The molecule has 0 spiro atoms. The maximum Gasteiger partial charge on any atom is 0.335 e. The molecule has 23 heavy (non-hydrogen) atoms. The van der Waals surface area contributed by atoms with Gasteiger partial charge in [0, 0.05) is 16.9 Å². The van der Waals surface area contributed by atoms with Gasteiger partial charge in [0.15, 0.2) is 0 Å². The Morgan fingerprint density at radius 3 is 2.61 bits per heavy atom. The standard InChI is InChI=1S/C18H13ClN2O2/c19-14-6-8-16(9-7-14)21-10-2-5-17(21)12-20-15-4-1-3-13(11-15)18(22)23/h1-12H,(H,22,23). The Bertz CT molecular complexity index is 867. The second-order valence-corrected chi connectivity index (χ2v) is 5.33. The van der Waals surface area contributed by atoms with Crippen molar-refractivity contribution >= 4 is 29.5 Å². The van der Waals surface area contributed by atoms with Gasteiger partial charge in [0.05, 0.1) is 23.2 Å². The predicted molar refractivity (Wildman–Crippen MR) is 91.4 cm³/mol. The molecule has 1 aromatic heterocycles. The maximum absolute atomic E-state index is 11.0. The fraction of sp³-hybridized carbons (Fsp3) is 0. The minimum Gasteiger partial charge on any atom is -0.478 e. The first-order chi connectivity index (χ1) is 11.1. The van der Waals surface area contributed by atoms with Crippen LogP contribution in [0.1, 0.15) is 16.1 Å². The van der Waals surface area contributed by atoms with Crippen LogP contribution < -0.4 is 0 Å². The van der Waals surface area contributed by atoms with Crippen molar-refractivity contribution in [3.05, 3.63) is 83.1 Å². The van der Waals surface area contributed by atoms with Gasteiger partial charge in [-0.25, -0.2) is 4.79 Å². The quantitative estimate of drug-likeness (QED) is 0.714. The van der Waals surface area contributed by atoms with Gasteiger partial charge in [-0.15, -0.1) is 0 Å². The van der Waals surface area contributed by atoms with Crippen LogP contribution in [-0.2, 0) is 0 Å². The monoisotopic (exact) mass is 324 g/mol. The topological polar surface area (TPSA) is 54.6 Å². The molecule has 5 heteroatoms. The number of aliphatic imine (C=N–C) groups is 1. The number of carboxylic acids is 1. The zero-order valence-electron chi connectivity index (χ0n) is 12.1. The average molecular weight is 325 g/mol. The highest BCUT2D eigenvalue weighted by molar-refractivity contribution is 6.30. The van der Waals surface area contributed by atoms with E-state index in [0.717, 1.165) is 11.4 Å². The highest BCUT2D eigenvalue weighted by atomic mass is 35.5. The maximum atomic E-state index is 11.0. The van der Waals surface area contributed by atoms with E-state index in [1.165, 1.54) is 12.1 Å². The number of nitrogens with zero attached hydrogens (tertiary/aromatic N) is 2. The largest absolute Gasteiger partial charge is 0.478 e. The van der Waals surface area contributed by atoms with Crippen molar-refractivity contribution in [2.75, 3.05) is 0 Å². The van der Waals surface area contributed by atoms with Gasteiger partial charge in [-0.2, -0.15) is 0 Å². The fourth-order valence-electron chi connectivity index (χ4n) is 2.20. The van der Waals surface area contributed by atoms with Crippen LogP contribution in [0.5, 0.6) is 0 Å². The van der Waals surface area contributed by atoms with E-state index in [2.05, 4.69) is 4.99 Å². The van der Waals surface area contributed by atoms with E-state index in [1.807, 2.05) is 47.2 Å². The van der Waals surface area contributed by atoms with Gasteiger partial charge in [-0.1, -0.05) is 17.7 Å². The summed E-state index contributed by atoms with van der Waals surface area (Å²) >= 11 is 5.91. The number of halogens is 1. The first-order valence-electron chi connectivity index (χ1n) is 6.94. The summed E-state index contributed by atoms with van der Waals surface area (Å²) in [5, 5.41) is 9.69. The summed E-state index contributed by atoms with van der Waals surface area (Å²) in [5.74, 6) is -0.966. The lowest BCUT2D eigenvalue weighted by Crippen LogP contribution is -1.97. The minimum absolute atomic E-state index is 0.215. The molecule has 0 atom stereocenters. The van der Waals surface area contributed by atoms with Crippen molar-refractivity contribution in [3.8, 4) is 5.69 Å². The van der Waals surface area contributed by atoms with Crippen molar-refractivity contribution in [2.45, 2.75) is 0 Å². The average Bonchev–Trinajstić information content (AvgIpc) is 3.02. The van der Waals surface area contributed by atoms with E-state index in [-0.39, 0.29) is 5.56 Å². The Balaban J connectivity index is 1.89. The molecule has 0 bridgehead atoms. The third-order valence-corrected chi connectivity index (χ3v) is 3.58. The van der Waals surface area contributed by atoms with E-state index in [0.29, 0.717) is 10.7 Å². The van der Waals surface area contributed by atoms with Gasteiger partial charge >= 0.3 is 5.97 Å². The second kappa shape index (κ2) is 6.50. The molecule has 3 rings (SSSR count). The van der Waals surface area contributed by atoms with Gasteiger partial charge in [-0.3, -0.25) is 4.99 Å². The smallest absolute Gasteiger partial charge is 0.335 e. The molecule has 0 saturated carbocycles. The summed E-state index contributed by atoms with van der Waals surface area (Å²) in [4.78, 5) is 15.3. The Kier molecular flexibility index (Phi) is 4.26. The number of carboxylic acid groups (broad SMARTS) is 1. The van der Waals surface area contributed by atoms with Crippen molar-refractivity contribution in [1.82, 2.24) is 4.57 Å². The zero-order chi connectivity index (χ0) is 16.2. The summed E-state index contributed by atoms with van der Waals surface area (Å²) in [6.45, 7) is 0. The molecule has 0 radical (unpaired) electrons. The summed E-state index contributed by atoms with van der Waals surface area (Å²) in [6, 6.07) is 17.9. The van der Waals surface area contributed by atoms with Crippen LogP contribution in [0.25, 0.3) is 5.69 Å². The Morgan fingerprint density at radius 1 is 1.09 bits per heavy atom. The summed E-state index contributed by atoms with van der Waals surface area (Å²) in [7, 11) is 0. The molecular weight excluding hydrogens is 312 g/mol. The molecule has 1 heterocycles. The van der Waals surface area contributed by atoms with Crippen molar-refractivity contribution < 1.29 is 9.90 Å². The van der Waals surface area contributed by atoms with Gasteiger partial charge in [0.1, 0.15) is 0 Å². The number of carbonyl (C=O) groups is 1. The second-order valence-electron chi connectivity index (χ2n) is 4.89. The first kappa shape index (κ1) is 15.1. The van der Waals surface area contributed by atoms with E-state index in [9.17, 15) is 4.79 Å². The molecule has 114 valence electrons. The van der Waals surface area contributed by atoms with E-state index in [1.54, 1.807) is 18.3 Å². The van der Waals surface area contributed by atoms with Gasteiger partial charge in [0.25, 0.3) is 0 Å². The van der Waals surface area contributed by atoms with Gasteiger partial charge in [0.2, 0.25) is 0 Å². The Morgan fingerprint density at radius 2 is 1.87 bits per heavy atom. The molecule has 0 aliphatic rings. The number of rotatable bonds is 4. The van der Waals surface area contributed by atoms with Gasteiger partial charge < -0.3 is 9.67 Å². The highest BCUT2D eigenvalue weighted by Gasteiger charge is 2.03.